The van der Waals surface area contributed by atoms with Crippen molar-refractivity contribution in [2.45, 2.75) is 33.4 Å². The average Bonchev–Trinajstić information content (AvgIpc) is 3.25. The molecule has 7 heteroatoms. The van der Waals surface area contributed by atoms with Gasteiger partial charge in [-0.2, -0.15) is 4.98 Å². The zero-order valence-electron chi connectivity index (χ0n) is 20.2. The minimum Gasteiger partial charge on any atom is -0.312 e. The van der Waals surface area contributed by atoms with Crippen molar-refractivity contribution in [3.05, 3.63) is 98.2 Å². The molecule has 0 saturated carbocycles. The highest BCUT2D eigenvalue weighted by atomic mass is 16.2. The van der Waals surface area contributed by atoms with E-state index in [1.165, 1.54) is 20.3 Å². The van der Waals surface area contributed by atoms with Crippen molar-refractivity contribution < 1.29 is 0 Å². The molecule has 0 spiro atoms. The minimum atomic E-state index is -0.358. The van der Waals surface area contributed by atoms with Crippen LogP contribution in [0.1, 0.15) is 23.1 Å². The van der Waals surface area contributed by atoms with Crippen molar-refractivity contribution in [2.24, 2.45) is 7.05 Å². The minimum absolute atomic E-state index is 0.212. The van der Waals surface area contributed by atoms with Gasteiger partial charge >= 0.3 is 5.69 Å². The van der Waals surface area contributed by atoms with Crippen LogP contribution < -0.4 is 16.1 Å². The Morgan fingerprint density at radius 2 is 1.66 bits per heavy atom. The molecule has 176 valence electrons. The normalized spacial score (nSPS) is 13.5. The Labute approximate surface area is 202 Å². The topological polar surface area (TPSA) is 65.1 Å². The molecule has 6 rings (SSSR count). The molecule has 5 aromatic rings. The predicted molar refractivity (Wildman–Crippen MR) is 140 cm³/mol. The van der Waals surface area contributed by atoms with E-state index < -0.39 is 0 Å². The number of imidazole rings is 1. The van der Waals surface area contributed by atoms with Crippen molar-refractivity contribution in [3.63, 3.8) is 0 Å². The molecule has 0 aliphatic carbocycles. The van der Waals surface area contributed by atoms with Gasteiger partial charge in [0.25, 0.3) is 5.56 Å². The van der Waals surface area contributed by atoms with E-state index in [0.717, 1.165) is 35.0 Å². The number of anilines is 2. The Hall–Kier alpha value is -4.13. The Morgan fingerprint density at radius 1 is 0.914 bits per heavy atom. The van der Waals surface area contributed by atoms with Crippen LogP contribution in [0.15, 0.2) is 70.3 Å². The molecular formula is C28H27N5O2. The highest BCUT2D eigenvalue weighted by Crippen LogP contribution is 2.32. The van der Waals surface area contributed by atoms with Gasteiger partial charge in [-0.05, 0) is 59.9 Å². The predicted octanol–water partition coefficient (Wildman–Crippen LogP) is 4.26. The van der Waals surface area contributed by atoms with Gasteiger partial charge < -0.3 is 9.47 Å². The number of aromatic nitrogens is 4. The van der Waals surface area contributed by atoms with Crippen LogP contribution in [-0.2, 0) is 20.1 Å². The molecule has 3 heterocycles. The van der Waals surface area contributed by atoms with Crippen LogP contribution in [0.2, 0.25) is 0 Å². The first kappa shape index (κ1) is 21.4. The summed E-state index contributed by atoms with van der Waals surface area (Å²) in [5.41, 5.74) is 4.62. The van der Waals surface area contributed by atoms with Gasteiger partial charge in [-0.25, -0.2) is 4.79 Å². The SMILES string of the molecule is Cc1cc(C)cc(N2CCCn3c2nc2c3c(=O)n(Cc3cccc4ccccc34)c(=O)n2C)c1. The first-order valence-electron chi connectivity index (χ1n) is 11.9. The van der Waals surface area contributed by atoms with Crippen LogP contribution in [0.3, 0.4) is 0 Å². The quantitative estimate of drug-likeness (QED) is 0.400. The number of aryl methyl sites for hydroxylation is 4. The fraction of sp³-hybridized carbons (Fsp3) is 0.250. The van der Waals surface area contributed by atoms with Crippen molar-refractivity contribution in [3.8, 4) is 0 Å². The molecule has 0 bridgehead atoms. The number of rotatable bonds is 3. The molecule has 0 N–H and O–H groups in total. The highest BCUT2D eigenvalue weighted by molar-refractivity contribution is 5.85. The number of hydrogen-bond acceptors (Lipinski definition) is 4. The molecule has 1 aliphatic heterocycles. The molecular weight excluding hydrogens is 438 g/mol. The largest absolute Gasteiger partial charge is 0.332 e. The fourth-order valence-corrected chi connectivity index (χ4v) is 5.36. The molecule has 3 aromatic carbocycles. The zero-order chi connectivity index (χ0) is 24.3. The molecule has 0 atom stereocenters. The standard InChI is InChI=1S/C28H27N5O2/c1-18-14-19(2)16-22(15-18)31-12-7-13-32-24-25(29-27(31)32)30(3)28(35)33(26(24)34)17-21-10-6-9-20-8-4-5-11-23(20)21/h4-6,8-11,14-16H,7,12-13,17H2,1-3H3. The maximum absolute atomic E-state index is 13.8. The summed E-state index contributed by atoms with van der Waals surface area (Å²) in [6.45, 7) is 5.88. The third-order valence-corrected chi connectivity index (χ3v) is 6.94. The Kier molecular flexibility index (Phi) is 4.88. The molecule has 0 amide bonds. The van der Waals surface area contributed by atoms with Gasteiger partial charge in [-0.3, -0.25) is 13.9 Å². The molecule has 35 heavy (non-hydrogen) atoms. The summed E-state index contributed by atoms with van der Waals surface area (Å²) in [5, 5.41) is 2.13. The van der Waals surface area contributed by atoms with Gasteiger partial charge in [0.05, 0.1) is 6.54 Å². The van der Waals surface area contributed by atoms with E-state index >= 15 is 0 Å². The van der Waals surface area contributed by atoms with Crippen LogP contribution in [-0.4, -0.2) is 25.2 Å². The Bertz CT molecular complexity index is 1720. The van der Waals surface area contributed by atoms with Crippen LogP contribution in [0.5, 0.6) is 0 Å². The lowest BCUT2D eigenvalue weighted by Gasteiger charge is -2.29. The van der Waals surface area contributed by atoms with E-state index in [1.807, 2.05) is 47.0 Å². The van der Waals surface area contributed by atoms with E-state index in [2.05, 4.69) is 36.9 Å². The van der Waals surface area contributed by atoms with Gasteiger partial charge in [0.15, 0.2) is 11.2 Å². The molecule has 0 saturated heterocycles. The van der Waals surface area contributed by atoms with Crippen molar-refractivity contribution >= 4 is 33.6 Å². The highest BCUT2D eigenvalue weighted by Gasteiger charge is 2.27. The number of hydrogen-bond donors (Lipinski definition) is 0. The van der Waals surface area contributed by atoms with Gasteiger partial charge in [0.1, 0.15) is 0 Å². The lowest BCUT2D eigenvalue weighted by Crippen LogP contribution is -2.40. The molecule has 0 fully saturated rings. The number of benzene rings is 3. The van der Waals surface area contributed by atoms with Gasteiger partial charge in [0.2, 0.25) is 5.95 Å². The molecule has 1 aliphatic rings. The van der Waals surface area contributed by atoms with E-state index in [-0.39, 0.29) is 17.8 Å². The van der Waals surface area contributed by atoms with E-state index in [0.29, 0.717) is 23.7 Å². The summed E-state index contributed by atoms with van der Waals surface area (Å²) in [6, 6.07) is 20.4. The lowest BCUT2D eigenvalue weighted by molar-refractivity contribution is 0.597. The summed E-state index contributed by atoms with van der Waals surface area (Å²) >= 11 is 0. The lowest BCUT2D eigenvalue weighted by atomic mass is 10.0. The third-order valence-electron chi connectivity index (χ3n) is 6.94. The first-order chi connectivity index (χ1) is 16.9. The second-order valence-electron chi connectivity index (χ2n) is 9.46. The summed E-state index contributed by atoms with van der Waals surface area (Å²) in [4.78, 5) is 34.1. The van der Waals surface area contributed by atoms with Crippen LogP contribution in [0.4, 0.5) is 11.6 Å². The average molecular weight is 466 g/mol. The van der Waals surface area contributed by atoms with Crippen molar-refractivity contribution in [2.75, 3.05) is 11.4 Å². The van der Waals surface area contributed by atoms with E-state index in [9.17, 15) is 9.59 Å². The molecule has 0 radical (unpaired) electrons. The van der Waals surface area contributed by atoms with Gasteiger partial charge in [-0.1, -0.05) is 48.5 Å². The molecule has 0 unspecified atom stereocenters. The van der Waals surface area contributed by atoms with Crippen molar-refractivity contribution in [1.82, 2.24) is 18.7 Å². The fourth-order valence-electron chi connectivity index (χ4n) is 5.36. The Morgan fingerprint density at radius 3 is 2.46 bits per heavy atom. The van der Waals surface area contributed by atoms with Crippen LogP contribution in [0.25, 0.3) is 21.9 Å². The van der Waals surface area contributed by atoms with E-state index in [1.54, 1.807) is 7.05 Å². The van der Waals surface area contributed by atoms with Crippen LogP contribution >= 0.6 is 0 Å². The monoisotopic (exact) mass is 465 g/mol. The van der Waals surface area contributed by atoms with E-state index in [4.69, 9.17) is 4.98 Å². The summed E-state index contributed by atoms with van der Waals surface area (Å²) in [5.74, 6) is 0.714. The van der Waals surface area contributed by atoms with Crippen LogP contribution in [0, 0.1) is 13.8 Å². The Balaban J connectivity index is 1.55. The summed E-state index contributed by atoms with van der Waals surface area (Å²) in [7, 11) is 1.70. The van der Waals surface area contributed by atoms with Gasteiger partial charge in [0, 0.05) is 25.8 Å². The smallest absolute Gasteiger partial charge is 0.312 e. The molecule has 2 aromatic heterocycles. The zero-order valence-corrected chi connectivity index (χ0v) is 20.2. The van der Waals surface area contributed by atoms with Crippen molar-refractivity contribution in [1.29, 1.82) is 0 Å². The first-order valence-corrected chi connectivity index (χ1v) is 11.9. The van der Waals surface area contributed by atoms with Gasteiger partial charge in [-0.15, -0.1) is 0 Å². The second kappa shape index (κ2) is 7.98. The maximum atomic E-state index is 13.8. The summed E-state index contributed by atoms with van der Waals surface area (Å²) < 4.78 is 4.83. The second-order valence-corrected chi connectivity index (χ2v) is 9.46. The summed E-state index contributed by atoms with van der Waals surface area (Å²) in [6.07, 6.45) is 0.886. The number of fused-ring (bicyclic) bond motifs is 4. The molecule has 7 nitrogen and oxygen atoms in total. The maximum Gasteiger partial charge on any atom is 0.332 e. The third kappa shape index (κ3) is 3.38. The number of nitrogens with zero attached hydrogens (tertiary/aromatic N) is 5.